The molecule has 30 heavy (non-hydrogen) atoms. The maximum absolute atomic E-state index is 12.0. The summed E-state index contributed by atoms with van der Waals surface area (Å²) >= 11 is 0. The second-order valence-electron chi connectivity index (χ2n) is 7.23. The molecule has 0 aliphatic carbocycles. The molecular formula is C22H26N4O4. The molecule has 0 spiro atoms. The minimum atomic E-state index is -0.296. The van der Waals surface area contributed by atoms with Gasteiger partial charge in [-0.3, -0.25) is 0 Å². The first kappa shape index (κ1) is 20.2. The number of carbonyl (C=O) groups is 1. The van der Waals surface area contributed by atoms with Crippen LogP contribution in [0.1, 0.15) is 25.5 Å². The standard InChI is InChI=1S/C22H26N4O4/c1-3-28-30-24-22(27)25-14-11-20(12-15-25)29-19-7-4-17(5-8-19)21-9-6-18-10-13-23-26(18)16(21)2/h4-10,13,20H,3,11-12,14-15H2,1-2H3,(H,24,27). The molecular weight excluding hydrogens is 384 g/mol. The molecule has 2 amide bonds. The van der Waals surface area contributed by atoms with Crippen molar-refractivity contribution in [2.45, 2.75) is 32.8 Å². The molecule has 8 nitrogen and oxygen atoms in total. The number of piperidine rings is 1. The molecule has 0 atom stereocenters. The van der Waals surface area contributed by atoms with Crippen LogP contribution in [0.15, 0.2) is 48.7 Å². The van der Waals surface area contributed by atoms with E-state index in [2.05, 4.69) is 51.6 Å². The Hall–Kier alpha value is -3.10. The zero-order valence-corrected chi connectivity index (χ0v) is 17.2. The molecule has 1 N–H and O–H groups in total. The Morgan fingerprint density at radius 1 is 1.13 bits per heavy atom. The number of urea groups is 1. The molecule has 2 aromatic heterocycles. The summed E-state index contributed by atoms with van der Waals surface area (Å²) in [5.41, 5.74) is 6.73. The molecule has 4 rings (SSSR count). The van der Waals surface area contributed by atoms with Crippen LogP contribution in [0.5, 0.6) is 5.75 Å². The third-order valence-corrected chi connectivity index (χ3v) is 5.30. The van der Waals surface area contributed by atoms with Crippen molar-refractivity contribution in [1.29, 1.82) is 0 Å². The van der Waals surface area contributed by atoms with Crippen molar-refractivity contribution in [3.05, 3.63) is 54.4 Å². The first-order chi connectivity index (χ1) is 14.7. The number of hydrogen-bond donors (Lipinski definition) is 1. The van der Waals surface area contributed by atoms with Crippen LogP contribution in [-0.2, 0) is 9.88 Å². The summed E-state index contributed by atoms with van der Waals surface area (Å²) in [5, 5.41) is 4.38. The molecule has 0 saturated carbocycles. The molecule has 1 aromatic carbocycles. The Bertz CT molecular complexity index is 994. The van der Waals surface area contributed by atoms with Crippen LogP contribution in [-0.4, -0.2) is 46.3 Å². The number of aromatic nitrogens is 2. The molecule has 3 heterocycles. The number of hydrogen-bond acceptors (Lipinski definition) is 5. The Morgan fingerprint density at radius 2 is 1.90 bits per heavy atom. The average molecular weight is 410 g/mol. The van der Waals surface area contributed by atoms with Gasteiger partial charge < -0.3 is 9.64 Å². The highest BCUT2D eigenvalue weighted by Crippen LogP contribution is 2.27. The summed E-state index contributed by atoms with van der Waals surface area (Å²) in [4.78, 5) is 22.9. The lowest BCUT2D eigenvalue weighted by atomic mass is 10.0. The smallest absolute Gasteiger partial charge is 0.343 e. The highest BCUT2D eigenvalue weighted by Gasteiger charge is 2.24. The number of rotatable bonds is 6. The quantitative estimate of drug-likeness (QED) is 0.381. The predicted octanol–water partition coefficient (Wildman–Crippen LogP) is 3.75. The molecule has 1 fully saturated rings. The van der Waals surface area contributed by atoms with Gasteiger partial charge in [-0.15, -0.1) is 4.99 Å². The van der Waals surface area contributed by atoms with Gasteiger partial charge in [0.25, 0.3) is 0 Å². The number of nitrogens with zero attached hydrogens (tertiary/aromatic N) is 3. The fraction of sp³-hybridized carbons (Fsp3) is 0.364. The second-order valence-corrected chi connectivity index (χ2v) is 7.23. The number of ether oxygens (including phenoxy) is 1. The number of pyridine rings is 1. The second kappa shape index (κ2) is 9.15. The van der Waals surface area contributed by atoms with Crippen molar-refractivity contribution in [2.75, 3.05) is 19.7 Å². The van der Waals surface area contributed by atoms with E-state index in [-0.39, 0.29) is 12.1 Å². The number of fused-ring (bicyclic) bond motifs is 1. The van der Waals surface area contributed by atoms with Gasteiger partial charge in [0.2, 0.25) is 0 Å². The number of amides is 2. The molecule has 1 aliphatic rings. The van der Waals surface area contributed by atoms with Gasteiger partial charge in [-0.1, -0.05) is 18.2 Å². The highest BCUT2D eigenvalue weighted by molar-refractivity contribution is 5.73. The van der Waals surface area contributed by atoms with Crippen LogP contribution in [0.4, 0.5) is 4.79 Å². The summed E-state index contributed by atoms with van der Waals surface area (Å²) in [6, 6.07) is 14.0. The van der Waals surface area contributed by atoms with Gasteiger partial charge >= 0.3 is 6.03 Å². The van der Waals surface area contributed by atoms with Crippen LogP contribution >= 0.6 is 0 Å². The van der Waals surface area contributed by atoms with Crippen molar-refractivity contribution in [3.8, 4) is 16.9 Å². The molecule has 158 valence electrons. The van der Waals surface area contributed by atoms with E-state index in [0.29, 0.717) is 19.7 Å². The lowest BCUT2D eigenvalue weighted by Crippen LogP contribution is -2.46. The number of carbonyl (C=O) groups excluding carboxylic acids is 1. The van der Waals surface area contributed by atoms with Crippen LogP contribution < -0.4 is 10.2 Å². The van der Waals surface area contributed by atoms with Crippen molar-refractivity contribution < 1.29 is 19.4 Å². The monoisotopic (exact) mass is 410 g/mol. The van der Waals surface area contributed by atoms with E-state index < -0.39 is 0 Å². The normalized spacial score (nSPS) is 14.8. The van der Waals surface area contributed by atoms with Gasteiger partial charge in [0.15, 0.2) is 0 Å². The third-order valence-electron chi connectivity index (χ3n) is 5.30. The molecule has 0 bridgehead atoms. The number of benzene rings is 1. The van der Waals surface area contributed by atoms with Gasteiger partial charge in [0.05, 0.1) is 12.1 Å². The number of likely N-dealkylation sites (tertiary alicyclic amines) is 1. The first-order valence-corrected chi connectivity index (χ1v) is 10.2. The third kappa shape index (κ3) is 4.39. The molecule has 0 radical (unpaired) electrons. The molecule has 0 unspecified atom stereocenters. The molecule has 1 aliphatic heterocycles. The molecule has 8 heteroatoms. The van der Waals surface area contributed by atoms with E-state index in [4.69, 9.17) is 4.74 Å². The molecule has 3 aromatic rings. The van der Waals surface area contributed by atoms with Crippen molar-refractivity contribution in [3.63, 3.8) is 0 Å². The average Bonchev–Trinajstić information content (AvgIpc) is 3.25. The number of aryl methyl sites for hydroxylation is 1. The summed E-state index contributed by atoms with van der Waals surface area (Å²) in [6.07, 6.45) is 3.41. The van der Waals surface area contributed by atoms with E-state index in [9.17, 15) is 4.79 Å². The predicted molar refractivity (Wildman–Crippen MR) is 112 cm³/mol. The van der Waals surface area contributed by atoms with Gasteiger partial charge in [0, 0.05) is 43.4 Å². The minimum Gasteiger partial charge on any atom is -0.490 e. The fourth-order valence-corrected chi connectivity index (χ4v) is 3.70. The minimum absolute atomic E-state index is 0.0786. The first-order valence-electron chi connectivity index (χ1n) is 10.2. The van der Waals surface area contributed by atoms with E-state index in [1.807, 2.05) is 28.9 Å². The van der Waals surface area contributed by atoms with E-state index in [1.165, 1.54) is 0 Å². The lowest BCUT2D eigenvalue weighted by molar-refractivity contribution is -0.322. The SMILES string of the molecule is CCOONC(=O)N1CCC(Oc2ccc(-c3ccc4ccnn4c3C)cc2)CC1. The van der Waals surface area contributed by atoms with Crippen molar-refractivity contribution >= 4 is 11.5 Å². The topological polar surface area (TPSA) is 77.3 Å². The van der Waals surface area contributed by atoms with Crippen molar-refractivity contribution in [1.82, 2.24) is 20.0 Å². The Labute approximate surface area is 175 Å². The summed E-state index contributed by atoms with van der Waals surface area (Å²) in [7, 11) is 0. The van der Waals surface area contributed by atoms with E-state index in [0.717, 1.165) is 40.9 Å². The Kier molecular flexibility index (Phi) is 6.15. The van der Waals surface area contributed by atoms with E-state index in [1.54, 1.807) is 11.8 Å². The number of nitrogens with one attached hydrogen (secondary N) is 1. The summed E-state index contributed by atoms with van der Waals surface area (Å²) in [5.74, 6) is 0.833. The van der Waals surface area contributed by atoms with Crippen molar-refractivity contribution in [2.24, 2.45) is 0 Å². The summed E-state index contributed by atoms with van der Waals surface area (Å²) in [6.45, 7) is 5.43. The summed E-state index contributed by atoms with van der Waals surface area (Å²) < 4.78 is 8.08. The van der Waals surface area contributed by atoms with Gasteiger partial charge in [-0.05, 0) is 43.7 Å². The van der Waals surface area contributed by atoms with E-state index >= 15 is 0 Å². The highest BCUT2D eigenvalue weighted by atomic mass is 17.3. The van der Waals surface area contributed by atoms with Gasteiger partial charge in [-0.2, -0.15) is 10.6 Å². The maximum atomic E-state index is 12.0. The van der Waals surface area contributed by atoms with Crippen LogP contribution in [0.25, 0.3) is 16.6 Å². The zero-order chi connectivity index (χ0) is 20.9. The lowest BCUT2D eigenvalue weighted by Gasteiger charge is -2.31. The van der Waals surface area contributed by atoms with Crippen LogP contribution in [0.2, 0.25) is 0 Å². The zero-order valence-electron chi connectivity index (χ0n) is 17.2. The maximum Gasteiger partial charge on any atom is 0.343 e. The Balaban J connectivity index is 1.33. The Morgan fingerprint density at radius 3 is 2.63 bits per heavy atom. The number of hydroxylamine groups is 1. The van der Waals surface area contributed by atoms with Gasteiger partial charge in [0.1, 0.15) is 11.9 Å². The largest absolute Gasteiger partial charge is 0.490 e. The fourth-order valence-electron chi connectivity index (χ4n) is 3.70. The van der Waals surface area contributed by atoms with Gasteiger partial charge in [-0.25, -0.2) is 14.2 Å². The molecule has 1 saturated heterocycles. The van der Waals surface area contributed by atoms with Crippen LogP contribution in [0, 0.1) is 6.92 Å². The van der Waals surface area contributed by atoms with Crippen LogP contribution in [0.3, 0.4) is 0 Å².